The molecule has 1 heterocycles. The van der Waals surface area contributed by atoms with E-state index in [0.717, 1.165) is 19.3 Å². The zero-order chi connectivity index (χ0) is 14.3. The van der Waals surface area contributed by atoms with Crippen molar-refractivity contribution in [2.75, 3.05) is 13.1 Å². The van der Waals surface area contributed by atoms with Crippen LogP contribution >= 0.6 is 0 Å². The number of rotatable bonds is 2. The summed E-state index contributed by atoms with van der Waals surface area (Å²) in [5, 5.41) is 9.29. The second kappa shape index (κ2) is 4.40. The van der Waals surface area contributed by atoms with Crippen LogP contribution in [0.5, 0.6) is 0 Å². The largest absolute Gasteiger partial charge is 0.444 e. The maximum absolute atomic E-state index is 11.9. The number of hydrogen-bond acceptors (Lipinski definition) is 3. The summed E-state index contributed by atoms with van der Waals surface area (Å²) >= 11 is 0. The van der Waals surface area contributed by atoms with E-state index in [1.807, 2.05) is 20.8 Å². The first-order chi connectivity index (χ1) is 8.67. The zero-order valence-corrected chi connectivity index (χ0v) is 12.5. The van der Waals surface area contributed by atoms with Gasteiger partial charge in [0, 0.05) is 18.5 Å². The SMILES string of the molecule is CC1(CC2(C#N)CCC2)CN(C(=O)OC(C)(C)C)C1. The molecule has 1 saturated carbocycles. The minimum Gasteiger partial charge on any atom is -0.444 e. The van der Waals surface area contributed by atoms with Crippen LogP contribution in [0.1, 0.15) is 53.4 Å². The highest BCUT2D eigenvalue weighted by atomic mass is 16.6. The number of hydrogen-bond donors (Lipinski definition) is 0. The van der Waals surface area contributed by atoms with Gasteiger partial charge in [0.1, 0.15) is 5.60 Å². The molecule has 0 N–H and O–H groups in total. The minimum atomic E-state index is -0.440. The molecule has 0 aromatic heterocycles. The highest BCUT2D eigenvalue weighted by molar-refractivity contribution is 5.69. The maximum atomic E-state index is 11.9. The Morgan fingerprint density at radius 1 is 1.37 bits per heavy atom. The van der Waals surface area contributed by atoms with Crippen molar-refractivity contribution >= 4 is 6.09 Å². The monoisotopic (exact) mass is 264 g/mol. The Bertz CT molecular complexity index is 407. The molecule has 4 nitrogen and oxygen atoms in total. The van der Waals surface area contributed by atoms with Gasteiger partial charge in [-0.3, -0.25) is 0 Å². The zero-order valence-electron chi connectivity index (χ0n) is 12.5. The number of ether oxygens (including phenoxy) is 1. The molecule has 1 saturated heterocycles. The van der Waals surface area contributed by atoms with E-state index in [0.29, 0.717) is 13.1 Å². The third-order valence-electron chi connectivity index (χ3n) is 4.11. The number of carbonyl (C=O) groups is 1. The Morgan fingerprint density at radius 2 is 1.95 bits per heavy atom. The Kier molecular flexibility index (Phi) is 3.28. The van der Waals surface area contributed by atoms with E-state index in [9.17, 15) is 10.1 Å². The van der Waals surface area contributed by atoms with E-state index >= 15 is 0 Å². The molecule has 1 aliphatic heterocycles. The third kappa shape index (κ3) is 3.02. The van der Waals surface area contributed by atoms with E-state index in [1.165, 1.54) is 6.42 Å². The number of amides is 1. The second-order valence-corrected chi connectivity index (χ2v) is 7.57. The van der Waals surface area contributed by atoms with E-state index < -0.39 is 5.60 Å². The van der Waals surface area contributed by atoms with Crippen LogP contribution in [0.2, 0.25) is 0 Å². The lowest BCUT2D eigenvalue weighted by molar-refractivity contribution is -0.0484. The van der Waals surface area contributed by atoms with Crippen molar-refractivity contribution in [3.05, 3.63) is 0 Å². The summed E-state index contributed by atoms with van der Waals surface area (Å²) in [6, 6.07) is 2.49. The first kappa shape index (κ1) is 14.2. The Morgan fingerprint density at radius 3 is 2.32 bits per heavy atom. The smallest absolute Gasteiger partial charge is 0.410 e. The van der Waals surface area contributed by atoms with E-state index in [4.69, 9.17) is 4.74 Å². The standard InChI is InChI=1S/C15H24N2O2/c1-13(2,3)19-12(18)17-10-14(4,11-17)8-15(9-16)6-5-7-15/h5-8,10-11H2,1-4H3. The highest BCUT2D eigenvalue weighted by Crippen LogP contribution is 2.51. The van der Waals surface area contributed by atoms with Crippen molar-refractivity contribution in [3.8, 4) is 6.07 Å². The van der Waals surface area contributed by atoms with Crippen LogP contribution in [0.3, 0.4) is 0 Å². The number of carbonyl (C=O) groups excluding carboxylic acids is 1. The molecule has 1 amide bonds. The summed E-state index contributed by atoms with van der Waals surface area (Å²) in [6.07, 6.45) is 3.89. The highest BCUT2D eigenvalue weighted by Gasteiger charge is 2.50. The van der Waals surface area contributed by atoms with Gasteiger partial charge in [-0.05, 0) is 40.0 Å². The van der Waals surface area contributed by atoms with Gasteiger partial charge in [0.15, 0.2) is 0 Å². The van der Waals surface area contributed by atoms with Crippen molar-refractivity contribution in [3.63, 3.8) is 0 Å². The van der Waals surface area contributed by atoms with Crippen molar-refractivity contribution < 1.29 is 9.53 Å². The van der Waals surface area contributed by atoms with Crippen LogP contribution in [-0.2, 0) is 4.74 Å². The summed E-state index contributed by atoms with van der Waals surface area (Å²) in [5.41, 5.74) is -0.466. The lowest BCUT2D eigenvalue weighted by atomic mass is 9.60. The molecule has 4 heteroatoms. The molecular weight excluding hydrogens is 240 g/mol. The van der Waals surface area contributed by atoms with Crippen LogP contribution in [0.4, 0.5) is 4.79 Å². The summed E-state index contributed by atoms with van der Waals surface area (Å²) in [4.78, 5) is 13.6. The molecule has 106 valence electrons. The molecule has 0 unspecified atom stereocenters. The average Bonchev–Trinajstić information content (AvgIpc) is 2.17. The molecule has 2 aliphatic rings. The fraction of sp³-hybridized carbons (Fsp3) is 0.867. The van der Waals surface area contributed by atoms with Crippen LogP contribution in [-0.4, -0.2) is 29.7 Å². The predicted octanol–water partition coefficient (Wildman–Crippen LogP) is 3.33. The number of nitriles is 1. The Hall–Kier alpha value is -1.24. The van der Waals surface area contributed by atoms with Crippen molar-refractivity contribution in [1.82, 2.24) is 4.90 Å². The van der Waals surface area contributed by atoms with Gasteiger partial charge >= 0.3 is 6.09 Å². The van der Waals surface area contributed by atoms with Gasteiger partial charge in [-0.1, -0.05) is 13.3 Å². The van der Waals surface area contributed by atoms with Gasteiger partial charge in [-0.15, -0.1) is 0 Å². The van der Waals surface area contributed by atoms with Gasteiger partial charge < -0.3 is 9.64 Å². The lowest BCUT2D eigenvalue weighted by Crippen LogP contribution is -2.59. The number of nitrogens with zero attached hydrogens (tertiary/aromatic N) is 2. The van der Waals surface area contributed by atoms with E-state index in [2.05, 4.69) is 13.0 Å². The van der Waals surface area contributed by atoms with Crippen molar-refractivity contribution in [1.29, 1.82) is 5.26 Å². The Labute approximate surface area is 115 Å². The van der Waals surface area contributed by atoms with Crippen LogP contribution in [0.25, 0.3) is 0 Å². The van der Waals surface area contributed by atoms with Crippen molar-refractivity contribution in [2.24, 2.45) is 10.8 Å². The first-order valence-corrected chi connectivity index (χ1v) is 7.06. The number of likely N-dealkylation sites (tertiary alicyclic amines) is 1. The molecule has 0 aromatic rings. The van der Waals surface area contributed by atoms with E-state index in [1.54, 1.807) is 4.90 Å². The summed E-state index contributed by atoms with van der Waals surface area (Å²) in [6.45, 7) is 9.23. The quantitative estimate of drug-likeness (QED) is 0.768. The van der Waals surface area contributed by atoms with Crippen molar-refractivity contribution in [2.45, 2.75) is 59.0 Å². The van der Waals surface area contributed by atoms with Gasteiger partial charge in [0.2, 0.25) is 0 Å². The molecule has 0 bridgehead atoms. The van der Waals surface area contributed by atoms with Gasteiger partial charge in [0.25, 0.3) is 0 Å². The fourth-order valence-electron chi connectivity index (χ4n) is 3.19. The molecule has 2 rings (SSSR count). The average molecular weight is 264 g/mol. The third-order valence-corrected chi connectivity index (χ3v) is 4.11. The predicted molar refractivity (Wildman–Crippen MR) is 72.4 cm³/mol. The normalized spacial score (nSPS) is 23.8. The van der Waals surface area contributed by atoms with E-state index in [-0.39, 0.29) is 16.9 Å². The molecule has 0 spiro atoms. The maximum Gasteiger partial charge on any atom is 0.410 e. The minimum absolute atomic E-state index is 0.0903. The summed E-state index contributed by atoms with van der Waals surface area (Å²) in [5.74, 6) is 0. The molecule has 0 radical (unpaired) electrons. The lowest BCUT2D eigenvalue weighted by Gasteiger charge is -2.52. The van der Waals surface area contributed by atoms with Gasteiger partial charge in [-0.25, -0.2) is 4.79 Å². The molecule has 0 atom stereocenters. The van der Waals surface area contributed by atoms with Gasteiger partial charge in [0.05, 0.1) is 11.5 Å². The topological polar surface area (TPSA) is 53.3 Å². The summed E-state index contributed by atoms with van der Waals surface area (Å²) < 4.78 is 5.35. The molecule has 0 aromatic carbocycles. The van der Waals surface area contributed by atoms with Gasteiger partial charge in [-0.2, -0.15) is 5.26 Å². The molecule has 19 heavy (non-hydrogen) atoms. The van der Waals surface area contributed by atoms with Crippen LogP contribution in [0, 0.1) is 22.2 Å². The summed E-state index contributed by atoms with van der Waals surface area (Å²) in [7, 11) is 0. The van der Waals surface area contributed by atoms with Crippen LogP contribution in [0.15, 0.2) is 0 Å². The van der Waals surface area contributed by atoms with Crippen LogP contribution < -0.4 is 0 Å². The molecule has 2 fully saturated rings. The fourth-order valence-corrected chi connectivity index (χ4v) is 3.19. The first-order valence-electron chi connectivity index (χ1n) is 7.06. The second-order valence-electron chi connectivity index (χ2n) is 7.57. The Balaban J connectivity index is 1.85. The molecule has 1 aliphatic carbocycles. The molecular formula is C15H24N2O2.